The van der Waals surface area contributed by atoms with Gasteiger partial charge >= 0.3 is 5.97 Å². The molecule has 0 saturated carbocycles. The fraction of sp³-hybridized carbons (Fsp3) is 0.125. The Morgan fingerprint density at radius 1 is 1.40 bits per heavy atom. The molecule has 3 rings (SSSR count). The minimum Gasteiger partial charge on any atom is -0.504 e. The van der Waals surface area contributed by atoms with E-state index in [9.17, 15) is 15.0 Å². The highest BCUT2D eigenvalue weighted by atomic mass is 32.1. The van der Waals surface area contributed by atoms with E-state index >= 15 is 0 Å². The number of hydrogen-bond donors (Lipinski definition) is 3. The molecule has 0 amide bonds. The molecule has 0 saturated heterocycles. The van der Waals surface area contributed by atoms with E-state index in [-0.39, 0.29) is 10.6 Å². The van der Waals surface area contributed by atoms with Gasteiger partial charge in [-0.25, -0.2) is 14.8 Å². The maximum absolute atomic E-state index is 11.3. The normalized spacial score (nSPS) is 11.1. The highest BCUT2D eigenvalue weighted by Crippen LogP contribution is 2.33. The number of hydrazone groups is 1. The number of carboxylic acid groups (broad SMARTS) is 1. The summed E-state index contributed by atoms with van der Waals surface area (Å²) in [7, 11) is 1.47. The van der Waals surface area contributed by atoms with Gasteiger partial charge in [0.2, 0.25) is 0 Å². The Bertz CT molecular complexity index is 984. The number of methoxy groups -OCH3 is 1. The number of thiophene rings is 1. The number of rotatable bonds is 5. The van der Waals surface area contributed by atoms with Crippen LogP contribution in [0.3, 0.4) is 0 Å². The predicted octanol–water partition coefficient (Wildman–Crippen LogP) is 2.86. The molecule has 25 heavy (non-hydrogen) atoms. The number of aromatic carboxylic acids is 1. The van der Waals surface area contributed by atoms with Crippen LogP contribution in [0.5, 0.6) is 11.5 Å². The molecule has 0 aliphatic rings. The number of hydrogen-bond acceptors (Lipinski definition) is 8. The van der Waals surface area contributed by atoms with Crippen molar-refractivity contribution in [2.24, 2.45) is 5.10 Å². The molecule has 2 heterocycles. The molecule has 3 aromatic rings. The minimum absolute atomic E-state index is 0.0101. The number of benzene rings is 1. The maximum Gasteiger partial charge on any atom is 0.346 e. The molecule has 0 atom stereocenters. The largest absolute Gasteiger partial charge is 0.504 e. The quantitative estimate of drug-likeness (QED) is 0.474. The van der Waals surface area contributed by atoms with Crippen molar-refractivity contribution in [3.63, 3.8) is 0 Å². The van der Waals surface area contributed by atoms with Gasteiger partial charge in [-0.2, -0.15) is 5.10 Å². The lowest BCUT2D eigenvalue weighted by Crippen LogP contribution is -1.95. The zero-order chi connectivity index (χ0) is 18.0. The summed E-state index contributed by atoms with van der Waals surface area (Å²) < 4.78 is 5.60. The number of phenolic OH excluding ortho intramolecular Hbond substituents is 1. The average Bonchev–Trinajstić information content (AvgIpc) is 2.93. The number of aromatic nitrogens is 2. The van der Waals surface area contributed by atoms with Crippen molar-refractivity contribution in [1.82, 2.24) is 9.97 Å². The van der Waals surface area contributed by atoms with Gasteiger partial charge in [-0.3, -0.25) is 5.43 Å². The molecule has 0 spiro atoms. The van der Waals surface area contributed by atoms with Crippen LogP contribution in [0.1, 0.15) is 20.8 Å². The van der Waals surface area contributed by atoms with E-state index in [1.54, 1.807) is 19.1 Å². The Morgan fingerprint density at radius 3 is 2.88 bits per heavy atom. The first-order chi connectivity index (χ1) is 12.0. The second-order valence-electron chi connectivity index (χ2n) is 5.06. The van der Waals surface area contributed by atoms with Crippen molar-refractivity contribution in [3.05, 3.63) is 40.5 Å². The topological polar surface area (TPSA) is 117 Å². The Balaban J connectivity index is 1.87. The van der Waals surface area contributed by atoms with Gasteiger partial charge < -0.3 is 14.9 Å². The summed E-state index contributed by atoms with van der Waals surface area (Å²) in [4.78, 5) is 19.7. The first kappa shape index (κ1) is 16.7. The number of nitrogens with zero attached hydrogens (tertiary/aromatic N) is 3. The molecule has 3 N–H and O–H groups in total. The van der Waals surface area contributed by atoms with Gasteiger partial charge in [0.05, 0.1) is 23.5 Å². The average molecular weight is 358 g/mol. The standard InChI is InChI=1S/C16H14N4O4S/c1-8-12-14(25-13(8)16(22)23)15(18-7-17-12)20-19-6-9-3-4-11(24-2)10(21)5-9/h3-7,21H,1-2H3,(H,22,23)(H,17,18,20). The van der Waals surface area contributed by atoms with Crippen molar-refractivity contribution >= 4 is 39.6 Å². The van der Waals surface area contributed by atoms with Crippen LogP contribution in [0.4, 0.5) is 5.82 Å². The van der Waals surface area contributed by atoms with Gasteiger partial charge in [-0.1, -0.05) is 0 Å². The summed E-state index contributed by atoms with van der Waals surface area (Å²) in [6.07, 6.45) is 2.86. The summed E-state index contributed by atoms with van der Waals surface area (Å²) in [5, 5.41) is 23.1. The van der Waals surface area contributed by atoms with Crippen molar-refractivity contribution in [1.29, 1.82) is 0 Å². The van der Waals surface area contributed by atoms with Crippen molar-refractivity contribution in [2.75, 3.05) is 12.5 Å². The fourth-order valence-corrected chi connectivity index (χ4v) is 3.30. The number of carbonyl (C=O) groups is 1. The summed E-state index contributed by atoms with van der Waals surface area (Å²) in [5.74, 6) is -0.197. The number of carboxylic acids is 1. The van der Waals surface area contributed by atoms with Gasteiger partial charge in [-0.05, 0) is 30.7 Å². The van der Waals surface area contributed by atoms with Crippen LogP contribution in [-0.2, 0) is 0 Å². The van der Waals surface area contributed by atoms with Gasteiger partial charge in [0.15, 0.2) is 17.3 Å². The van der Waals surface area contributed by atoms with Gasteiger partial charge in [0.25, 0.3) is 0 Å². The van der Waals surface area contributed by atoms with Crippen molar-refractivity contribution in [2.45, 2.75) is 6.92 Å². The smallest absolute Gasteiger partial charge is 0.346 e. The number of aromatic hydroxyl groups is 1. The van der Waals surface area contributed by atoms with Crippen LogP contribution in [0.2, 0.25) is 0 Å². The molecule has 9 heteroatoms. The molecular formula is C16H14N4O4S. The lowest BCUT2D eigenvalue weighted by Gasteiger charge is -2.03. The summed E-state index contributed by atoms with van der Waals surface area (Å²) >= 11 is 1.09. The Kier molecular flexibility index (Phi) is 4.48. The molecule has 0 bridgehead atoms. The number of fused-ring (bicyclic) bond motifs is 1. The first-order valence-corrected chi connectivity index (χ1v) is 7.96. The summed E-state index contributed by atoms with van der Waals surface area (Å²) in [5.41, 5.74) is 4.62. The molecule has 8 nitrogen and oxygen atoms in total. The number of phenols is 1. The second-order valence-corrected chi connectivity index (χ2v) is 6.08. The highest BCUT2D eigenvalue weighted by Gasteiger charge is 2.18. The van der Waals surface area contributed by atoms with E-state index in [0.717, 1.165) is 11.3 Å². The third-order valence-corrected chi connectivity index (χ3v) is 4.76. The molecule has 2 aromatic heterocycles. The predicted molar refractivity (Wildman–Crippen MR) is 95.0 cm³/mol. The van der Waals surface area contributed by atoms with Crippen LogP contribution < -0.4 is 10.2 Å². The number of nitrogens with one attached hydrogen (secondary N) is 1. The van der Waals surface area contributed by atoms with Crippen molar-refractivity contribution < 1.29 is 19.7 Å². The van der Waals surface area contributed by atoms with Crippen LogP contribution in [0, 0.1) is 6.92 Å². The zero-order valence-corrected chi connectivity index (χ0v) is 14.2. The first-order valence-electron chi connectivity index (χ1n) is 7.14. The Labute approximate surface area is 146 Å². The van der Waals surface area contributed by atoms with Gasteiger partial charge in [0.1, 0.15) is 11.2 Å². The van der Waals surface area contributed by atoms with E-state index < -0.39 is 5.97 Å². The molecule has 1 aromatic carbocycles. The fourth-order valence-electron chi connectivity index (χ4n) is 2.26. The number of anilines is 1. The molecule has 0 unspecified atom stereocenters. The molecule has 0 aliphatic heterocycles. The summed E-state index contributed by atoms with van der Waals surface area (Å²) in [6, 6.07) is 4.87. The molecule has 0 fully saturated rings. The van der Waals surface area contributed by atoms with Crippen LogP contribution in [0.15, 0.2) is 29.6 Å². The van der Waals surface area contributed by atoms with Crippen LogP contribution >= 0.6 is 11.3 Å². The van der Waals surface area contributed by atoms with Crippen LogP contribution in [0.25, 0.3) is 10.2 Å². The third-order valence-electron chi connectivity index (χ3n) is 3.48. The van der Waals surface area contributed by atoms with Crippen LogP contribution in [-0.4, -0.2) is 39.5 Å². The third kappa shape index (κ3) is 3.22. The van der Waals surface area contributed by atoms with Crippen molar-refractivity contribution in [3.8, 4) is 11.5 Å². The second kappa shape index (κ2) is 6.73. The molecular weight excluding hydrogens is 344 g/mol. The highest BCUT2D eigenvalue weighted by molar-refractivity contribution is 7.21. The summed E-state index contributed by atoms with van der Waals surface area (Å²) in [6.45, 7) is 1.71. The zero-order valence-electron chi connectivity index (χ0n) is 13.3. The number of ether oxygens (including phenoxy) is 1. The van der Waals surface area contributed by atoms with E-state index in [0.29, 0.717) is 32.9 Å². The van der Waals surface area contributed by atoms with Gasteiger partial charge in [-0.15, -0.1) is 11.3 Å². The van der Waals surface area contributed by atoms with E-state index in [4.69, 9.17) is 4.74 Å². The van der Waals surface area contributed by atoms with E-state index in [1.807, 2.05) is 0 Å². The lowest BCUT2D eigenvalue weighted by atomic mass is 10.2. The molecule has 0 aliphatic carbocycles. The van der Waals surface area contributed by atoms with E-state index in [1.165, 1.54) is 25.7 Å². The SMILES string of the molecule is COc1ccc(C=NNc2ncnc3c(C)c(C(=O)O)sc23)cc1O. The Morgan fingerprint density at radius 2 is 2.20 bits per heavy atom. The van der Waals surface area contributed by atoms with Gasteiger partial charge in [0, 0.05) is 5.56 Å². The number of aryl methyl sites for hydroxylation is 1. The molecule has 128 valence electrons. The maximum atomic E-state index is 11.3. The monoisotopic (exact) mass is 358 g/mol. The molecule has 0 radical (unpaired) electrons. The van der Waals surface area contributed by atoms with E-state index in [2.05, 4.69) is 20.5 Å². The lowest BCUT2D eigenvalue weighted by molar-refractivity contribution is 0.0701. The Hall–Kier alpha value is -3.20. The minimum atomic E-state index is -0.997.